The third kappa shape index (κ3) is 3.06. The molecule has 9 nitrogen and oxygen atoms in total. The van der Waals surface area contributed by atoms with Crippen molar-refractivity contribution in [3.05, 3.63) is 41.0 Å². The van der Waals surface area contributed by atoms with Gasteiger partial charge < -0.3 is 33.2 Å². The minimum absolute atomic E-state index is 0.105. The average Bonchev–Trinajstić information content (AvgIpc) is 3.43. The van der Waals surface area contributed by atoms with Gasteiger partial charge in [0.1, 0.15) is 19.3 Å². The van der Waals surface area contributed by atoms with E-state index in [1.165, 1.54) is 6.92 Å². The molecule has 3 heterocycles. The summed E-state index contributed by atoms with van der Waals surface area (Å²) in [5, 5.41) is 0. The fourth-order valence-corrected chi connectivity index (χ4v) is 5.31. The van der Waals surface area contributed by atoms with Gasteiger partial charge in [-0.05, 0) is 35.4 Å². The Bertz CT molecular complexity index is 1140. The van der Waals surface area contributed by atoms with Crippen molar-refractivity contribution < 1.29 is 42.7 Å². The standard InChI is InChI=1S/C24H22O9/c1-11(25)33-22-14-8-17-16(31-10-32-17)7-13(14)20(21-15(22)9-30-24(21)26)12-5-18(27-2)23-19(6-12)28-3-4-29-23/h5-8,15,20-22H,3-4,9-10H2,1-2H3/t15-,20+,21+,22-/m0/s1. The second-order valence-electron chi connectivity index (χ2n) is 8.41. The smallest absolute Gasteiger partial charge is 0.310 e. The Balaban J connectivity index is 1.57. The first-order chi connectivity index (χ1) is 16.0. The first-order valence-electron chi connectivity index (χ1n) is 10.8. The molecule has 0 bridgehead atoms. The lowest BCUT2D eigenvalue weighted by atomic mass is 9.66. The molecule has 2 aromatic carbocycles. The van der Waals surface area contributed by atoms with Crippen LogP contribution < -0.4 is 23.7 Å². The maximum absolute atomic E-state index is 13.0. The molecule has 33 heavy (non-hydrogen) atoms. The summed E-state index contributed by atoms with van der Waals surface area (Å²) in [4.78, 5) is 25.0. The second kappa shape index (κ2) is 7.47. The average molecular weight is 454 g/mol. The van der Waals surface area contributed by atoms with Crippen LogP contribution in [0.1, 0.15) is 35.6 Å². The number of rotatable bonds is 3. The Morgan fingerprint density at radius 2 is 1.70 bits per heavy atom. The lowest BCUT2D eigenvalue weighted by molar-refractivity contribution is -0.152. The van der Waals surface area contributed by atoms with E-state index in [9.17, 15) is 9.59 Å². The highest BCUT2D eigenvalue weighted by atomic mass is 16.7. The predicted molar refractivity (Wildman–Crippen MR) is 111 cm³/mol. The molecule has 1 aliphatic carbocycles. The van der Waals surface area contributed by atoms with Crippen LogP contribution in [0.25, 0.3) is 0 Å². The minimum Gasteiger partial charge on any atom is -0.493 e. The zero-order chi connectivity index (χ0) is 22.7. The van der Waals surface area contributed by atoms with E-state index in [1.54, 1.807) is 7.11 Å². The first kappa shape index (κ1) is 20.0. The lowest BCUT2D eigenvalue weighted by Crippen LogP contribution is -2.36. The van der Waals surface area contributed by atoms with E-state index in [0.717, 1.165) is 16.7 Å². The van der Waals surface area contributed by atoms with Gasteiger partial charge in [0.25, 0.3) is 0 Å². The van der Waals surface area contributed by atoms with E-state index in [2.05, 4.69) is 0 Å². The third-order valence-corrected chi connectivity index (χ3v) is 6.62. The van der Waals surface area contributed by atoms with Gasteiger partial charge in [-0.25, -0.2) is 0 Å². The first-order valence-corrected chi connectivity index (χ1v) is 10.8. The Morgan fingerprint density at radius 3 is 2.45 bits per heavy atom. The van der Waals surface area contributed by atoms with Crippen LogP contribution in [0, 0.1) is 11.8 Å². The van der Waals surface area contributed by atoms with Gasteiger partial charge in [-0.15, -0.1) is 0 Å². The van der Waals surface area contributed by atoms with Crippen molar-refractivity contribution in [2.24, 2.45) is 11.8 Å². The van der Waals surface area contributed by atoms with Crippen LogP contribution in [0.2, 0.25) is 0 Å². The van der Waals surface area contributed by atoms with Crippen molar-refractivity contribution in [1.29, 1.82) is 0 Å². The molecule has 1 saturated heterocycles. The maximum Gasteiger partial charge on any atom is 0.310 e. The zero-order valence-corrected chi connectivity index (χ0v) is 18.1. The summed E-state index contributed by atoms with van der Waals surface area (Å²) >= 11 is 0. The van der Waals surface area contributed by atoms with E-state index < -0.39 is 23.9 Å². The molecule has 0 aromatic heterocycles. The molecule has 0 N–H and O–H groups in total. The van der Waals surface area contributed by atoms with Gasteiger partial charge in [0.2, 0.25) is 12.5 Å². The molecule has 0 saturated carbocycles. The summed E-state index contributed by atoms with van der Waals surface area (Å²) in [7, 11) is 1.56. The molecule has 9 heteroatoms. The number of hydrogen-bond acceptors (Lipinski definition) is 9. The monoisotopic (exact) mass is 454 g/mol. The minimum atomic E-state index is -0.640. The zero-order valence-electron chi connectivity index (χ0n) is 18.1. The molecule has 172 valence electrons. The number of esters is 2. The van der Waals surface area contributed by atoms with E-state index in [0.29, 0.717) is 42.0 Å². The van der Waals surface area contributed by atoms with Gasteiger partial charge in [-0.2, -0.15) is 0 Å². The number of cyclic esters (lactones) is 1. The summed E-state index contributed by atoms with van der Waals surface area (Å²) in [6.45, 7) is 2.47. The predicted octanol–water partition coefficient (Wildman–Crippen LogP) is 2.73. The Kier molecular flexibility index (Phi) is 4.53. The molecule has 0 amide bonds. The summed E-state index contributed by atoms with van der Waals surface area (Å²) in [6, 6.07) is 7.45. The molecule has 6 rings (SSSR count). The number of benzene rings is 2. The number of hydrogen-bond donors (Lipinski definition) is 0. The summed E-state index contributed by atoms with van der Waals surface area (Å²) < 4.78 is 39.6. The Hall–Kier alpha value is -3.62. The van der Waals surface area contributed by atoms with Gasteiger partial charge in [-0.1, -0.05) is 0 Å². The van der Waals surface area contributed by atoms with Crippen molar-refractivity contribution in [3.63, 3.8) is 0 Å². The van der Waals surface area contributed by atoms with Crippen LogP contribution in [0.4, 0.5) is 0 Å². The highest BCUT2D eigenvalue weighted by Gasteiger charge is 2.54. The summed E-state index contributed by atoms with van der Waals surface area (Å²) in [5.74, 6) is 0.706. The van der Waals surface area contributed by atoms with Crippen molar-refractivity contribution >= 4 is 11.9 Å². The second-order valence-corrected chi connectivity index (χ2v) is 8.41. The number of carbonyl (C=O) groups excluding carboxylic acids is 2. The summed E-state index contributed by atoms with van der Waals surface area (Å²) in [5.41, 5.74) is 2.39. The Morgan fingerprint density at radius 1 is 0.939 bits per heavy atom. The SMILES string of the molecule is COc1cc([C@@H]2c3cc4c(cc3[C@H](OC(C)=O)[C@H]3COC(=O)[C@@H]23)OCO4)cc2c1OCCO2. The van der Waals surface area contributed by atoms with Crippen molar-refractivity contribution in [2.75, 3.05) is 33.7 Å². The van der Waals surface area contributed by atoms with Gasteiger partial charge >= 0.3 is 11.9 Å². The molecule has 0 spiro atoms. The van der Waals surface area contributed by atoms with Crippen molar-refractivity contribution in [1.82, 2.24) is 0 Å². The van der Waals surface area contributed by atoms with E-state index in [1.807, 2.05) is 24.3 Å². The molecular formula is C24H22O9. The van der Waals surface area contributed by atoms with Crippen LogP contribution in [0.3, 0.4) is 0 Å². The van der Waals surface area contributed by atoms with Gasteiger partial charge in [-0.3, -0.25) is 9.59 Å². The fraction of sp³-hybridized carbons (Fsp3) is 0.417. The normalized spacial score (nSPS) is 26.2. The van der Waals surface area contributed by atoms with Crippen molar-refractivity contribution in [3.8, 4) is 28.7 Å². The van der Waals surface area contributed by atoms with E-state index >= 15 is 0 Å². The highest BCUT2D eigenvalue weighted by molar-refractivity contribution is 5.79. The summed E-state index contributed by atoms with van der Waals surface area (Å²) in [6.07, 6.45) is -0.640. The van der Waals surface area contributed by atoms with Crippen molar-refractivity contribution in [2.45, 2.75) is 18.9 Å². The number of methoxy groups -OCH3 is 1. The van der Waals surface area contributed by atoms with Crippen LogP contribution >= 0.6 is 0 Å². The van der Waals surface area contributed by atoms with Crippen LogP contribution in [-0.2, 0) is 19.1 Å². The largest absolute Gasteiger partial charge is 0.493 e. The molecule has 3 aliphatic heterocycles. The number of carbonyl (C=O) groups is 2. The molecule has 1 fully saturated rings. The van der Waals surface area contributed by atoms with E-state index in [4.69, 9.17) is 33.2 Å². The van der Waals surface area contributed by atoms with Crippen LogP contribution in [0.5, 0.6) is 28.7 Å². The molecular weight excluding hydrogens is 432 g/mol. The van der Waals surface area contributed by atoms with Gasteiger partial charge in [0, 0.05) is 24.3 Å². The lowest BCUT2D eigenvalue weighted by Gasteiger charge is -2.38. The number of ether oxygens (including phenoxy) is 7. The molecule has 4 aliphatic rings. The van der Waals surface area contributed by atoms with Crippen LogP contribution in [-0.4, -0.2) is 45.7 Å². The molecule has 0 radical (unpaired) electrons. The third-order valence-electron chi connectivity index (χ3n) is 6.62. The number of fused-ring (bicyclic) bond motifs is 4. The highest BCUT2D eigenvalue weighted by Crippen LogP contribution is 2.56. The molecule has 4 atom stereocenters. The van der Waals surface area contributed by atoms with Gasteiger partial charge in [0.15, 0.2) is 23.0 Å². The van der Waals surface area contributed by atoms with Crippen LogP contribution in [0.15, 0.2) is 24.3 Å². The maximum atomic E-state index is 13.0. The van der Waals surface area contributed by atoms with Gasteiger partial charge in [0.05, 0.1) is 19.6 Å². The Labute approximate surface area is 189 Å². The topological polar surface area (TPSA) is 98.8 Å². The van der Waals surface area contributed by atoms with E-state index in [-0.39, 0.29) is 25.3 Å². The molecule has 2 aromatic rings. The molecule has 0 unspecified atom stereocenters. The quantitative estimate of drug-likeness (QED) is 0.648. The fourth-order valence-electron chi connectivity index (χ4n) is 5.31.